The molecule has 0 bridgehead atoms. The van der Waals surface area contributed by atoms with E-state index < -0.39 is 0 Å². The highest BCUT2D eigenvalue weighted by Gasteiger charge is 2.23. The van der Waals surface area contributed by atoms with Gasteiger partial charge < -0.3 is 5.73 Å². The van der Waals surface area contributed by atoms with Gasteiger partial charge in [0.25, 0.3) is 0 Å². The summed E-state index contributed by atoms with van der Waals surface area (Å²) in [4.78, 5) is 10.1. The van der Waals surface area contributed by atoms with E-state index in [1.807, 2.05) is 0 Å². The number of aromatic nitrogens is 2. The molecule has 0 aliphatic heterocycles. The van der Waals surface area contributed by atoms with E-state index in [1.54, 1.807) is 23.6 Å². The maximum absolute atomic E-state index is 6.15. The minimum absolute atomic E-state index is 0.0461. The van der Waals surface area contributed by atoms with Crippen molar-refractivity contribution < 1.29 is 0 Å². The predicted octanol–water partition coefficient (Wildman–Crippen LogP) is 3.85. The molecule has 0 saturated heterocycles. The fourth-order valence-corrected chi connectivity index (χ4v) is 3.84. The summed E-state index contributed by atoms with van der Waals surface area (Å²) in [6, 6.07) is 1.73. The van der Waals surface area contributed by atoms with E-state index in [2.05, 4.69) is 9.97 Å². The van der Waals surface area contributed by atoms with E-state index >= 15 is 0 Å². The van der Waals surface area contributed by atoms with E-state index in [1.165, 1.54) is 4.88 Å². The maximum Gasteiger partial charge on any atom is 0.143 e. The summed E-state index contributed by atoms with van der Waals surface area (Å²) in [6.45, 7) is 0. The first-order chi connectivity index (χ1) is 8.65. The number of nitrogens with two attached hydrogens (primary N) is 1. The molecule has 2 heterocycles. The monoisotopic (exact) mass is 299 g/mol. The SMILES string of the molecule is NC1CCCc2sc(-c3ncc(Cl)cc3Cl)nc21. The van der Waals surface area contributed by atoms with Gasteiger partial charge in [-0.15, -0.1) is 11.3 Å². The van der Waals surface area contributed by atoms with Crippen molar-refractivity contribution in [2.45, 2.75) is 25.3 Å². The number of halogens is 2. The summed E-state index contributed by atoms with van der Waals surface area (Å²) >= 11 is 13.6. The molecule has 0 amide bonds. The van der Waals surface area contributed by atoms with Gasteiger partial charge in [0.05, 0.1) is 15.7 Å². The lowest BCUT2D eigenvalue weighted by molar-refractivity contribution is 0.564. The van der Waals surface area contributed by atoms with Crippen LogP contribution < -0.4 is 5.73 Å². The number of rotatable bonds is 1. The van der Waals surface area contributed by atoms with E-state index in [0.717, 1.165) is 30.0 Å². The van der Waals surface area contributed by atoms with Crippen molar-refractivity contribution in [3.8, 4) is 10.7 Å². The van der Waals surface area contributed by atoms with Gasteiger partial charge in [-0.25, -0.2) is 4.98 Å². The summed E-state index contributed by atoms with van der Waals surface area (Å²) in [7, 11) is 0. The molecule has 1 atom stereocenters. The van der Waals surface area contributed by atoms with Crippen LogP contribution in [0.15, 0.2) is 12.3 Å². The third-order valence-electron chi connectivity index (χ3n) is 3.01. The smallest absolute Gasteiger partial charge is 0.143 e. The number of nitrogens with zero attached hydrogens (tertiary/aromatic N) is 2. The molecule has 2 aromatic rings. The number of thiazole rings is 1. The highest BCUT2D eigenvalue weighted by Crippen LogP contribution is 2.37. The first-order valence-corrected chi connectivity index (χ1v) is 7.29. The molecular weight excluding hydrogens is 289 g/mol. The van der Waals surface area contributed by atoms with E-state index in [9.17, 15) is 0 Å². The second kappa shape index (κ2) is 4.78. The Hall–Kier alpha value is -0.680. The molecule has 1 unspecified atom stereocenters. The molecule has 94 valence electrons. The first-order valence-electron chi connectivity index (χ1n) is 5.72. The second-order valence-corrected chi connectivity index (χ2v) is 6.24. The van der Waals surface area contributed by atoms with Crippen molar-refractivity contribution in [1.29, 1.82) is 0 Å². The van der Waals surface area contributed by atoms with Crippen molar-refractivity contribution in [2.24, 2.45) is 5.73 Å². The Morgan fingerprint density at radius 1 is 1.39 bits per heavy atom. The number of fused-ring (bicyclic) bond motifs is 1. The van der Waals surface area contributed by atoms with Crippen LogP contribution in [-0.2, 0) is 6.42 Å². The molecule has 2 N–H and O–H groups in total. The Balaban J connectivity index is 2.07. The molecule has 2 aromatic heterocycles. The molecule has 18 heavy (non-hydrogen) atoms. The van der Waals surface area contributed by atoms with E-state index in [4.69, 9.17) is 28.9 Å². The van der Waals surface area contributed by atoms with Gasteiger partial charge in [0.2, 0.25) is 0 Å². The lowest BCUT2D eigenvalue weighted by Gasteiger charge is -2.15. The summed E-state index contributed by atoms with van der Waals surface area (Å²) in [6.07, 6.45) is 4.75. The van der Waals surface area contributed by atoms with Crippen LogP contribution in [-0.4, -0.2) is 9.97 Å². The Kier molecular flexibility index (Phi) is 3.28. The Bertz CT molecular complexity index is 597. The summed E-state index contributed by atoms with van der Waals surface area (Å²) in [5.74, 6) is 0. The topological polar surface area (TPSA) is 51.8 Å². The van der Waals surface area contributed by atoms with Crippen LogP contribution in [0.2, 0.25) is 10.0 Å². The van der Waals surface area contributed by atoms with Gasteiger partial charge in [-0.2, -0.15) is 0 Å². The predicted molar refractivity (Wildman–Crippen MR) is 75.2 cm³/mol. The van der Waals surface area contributed by atoms with Crippen LogP contribution in [0.3, 0.4) is 0 Å². The average molecular weight is 300 g/mol. The zero-order chi connectivity index (χ0) is 12.7. The van der Waals surface area contributed by atoms with Crippen LogP contribution in [0.4, 0.5) is 0 Å². The van der Waals surface area contributed by atoms with Gasteiger partial charge in [-0.3, -0.25) is 4.98 Å². The molecule has 0 fully saturated rings. The molecule has 0 aromatic carbocycles. The van der Waals surface area contributed by atoms with Gasteiger partial charge in [0.1, 0.15) is 10.7 Å². The second-order valence-electron chi connectivity index (χ2n) is 4.31. The number of aryl methyl sites for hydroxylation is 1. The van der Waals surface area contributed by atoms with E-state index in [0.29, 0.717) is 15.7 Å². The third-order valence-corrected chi connectivity index (χ3v) is 4.64. The number of hydrogen-bond donors (Lipinski definition) is 1. The van der Waals surface area contributed by atoms with Crippen molar-refractivity contribution in [3.63, 3.8) is 0 Å². The molecule has 0 saturated carbocycles. The highest BCUT2D eigenvalue weighted by molar-refractivity contribution is 7.15. The molecular formula is C12H11Cl2N3S. The largest absolute Gasteiger partial charge is 0.323 e. The third kappa shape index (κ3) is 2.14. The minimum atomic E-state index is 0.0461. The van der Waals surface area contributed by atoms with Gasteiger partial charge >= 0.3 is 0 Å². The van der Waals surface area contributed by atoms with Gasteiger partial charge in [-0.05, 0) is 25.3 Å². The maximum atomic E-state index is 6.15. The normalized spacial score (nSPS) is 18.7. The lowest BCUT2D eigenvalue weighted by atomic mass is 9.99. The molecule has 0 spiro atoms. The van der Waals surface area contributed by atoms with Gasteiger partial charge in [-0.1, -0.05) is 23.2 Å². The van der Waals surface area contributed by atoms with Crippen LogP contribution in [0.5, 0.6) is 0 Å². The first kappa shape index (κ1) is 12.4. The molecule has 0 radical (unpaired) electrons. The van der Waals surface area contributed by atoms with Gasteiger partial charge in [0.15, 0.2) is 0 Å². The van der Waals surface area contributed by atoms with Crippen molar-refractivity contribution in [2.75, 3.05) is 0 Å². The molecule has 6 heteroatoms. The van der Waals surface area contributed by atoms with Crippen LogP contribution >= 0.6 is 34.5 Å². The lowest BCUT2D eigenvalue weighted by Crippen LogP contribution is -2.16. The standard InChI is InChI=1S/C12H11Cl2N3S/c13-6-4-7(14)10(16-5-6)12-17-11-8(15)2-1-3-9(11)18-12/h4-5,8H,1-3,15H2. The molecule has 1 aliphatic carbocycles. The van der Waals surface area contributed by atoms with Crippen molar-refractivity contribution in [1.82, 2.24) is 9.97 Å². The highest BCUT2D eigenvalue weighted by atomic mass is 35.5. The quantitative estimate of drug-likeness (QED) is 0.870. The summed E-state index contributed by atoms with van der Waals surface area (Å²) in [5, 5.41) is 1.89. The molecule has 3 nitrogen and oxygen atoms in total. The van der Waals surface area contributed by atoms with Crippen LogP contribution in [0.1, 0.15) is 29.5 Å². The molecule has 1 aliphatic rings. The Morgan fingerprint density at radius 3 is 2.94 bits per heavy atom. The summed E-state index contributed by atoms with van der Waals surface area (Å²) < 4.78 is 0. The fourth-order valence-electron chi connectivity index (χ4n) is 2.12. The van der Waals surface area contributed by atoms with Crippen molar-refractivity contribution in [3.05, 3.63) is 32.9 Å². The van der Waals surface area contributed by atoms with E-state index in [-0.39, 0.29) is 6.04 Å². The van der Waals surface area contributed by atoms with Crippen LogP contribution in [0, 0.1) is 0 Å². The zero-order valence-corrected chi connectivity index (χ0v) is 11.8. The van der Waals surface area contributed by atoms with Crippen LogP contribution in [0.25, 0.3) is 10.7 Å². The molecule has 3 rings (SSSR count). The Morgan fingerprint density at radius 2 is 2.22 bits per heavy atom. The van der Waals surface area contributed by atoms with Crippen molar-refractivity contribution >= 4 is 34.5 Å². The minimum Gasteiger partial charge on any atom is -0.323 e. The fraction of sp³-hybridized carbons (Fsp3) is 0.333. The average Bonchev–Trinajstić information content (AvgIpc) is 2.74. The number of hydrogen-bond acceptors (Lipinski definition) is 4. The Labute approximate surface area is 119 Å². The number of pyridine rings is 1. The van der Waals surface area contributed by atoms with Gasteiger partial charge in [0, 0.05) is 17.1 Å². The zero-order valence-electron chi connectivity index (χ0n) is 9.49. The summed E-state index contributed by atoms with van der Waals surface area (Å²) in [5.41, 5.74) is 7.77.